The number of halogens is 1. The second-order valence-corrected chi connectivity index (χ2v) is 5.54. The summed E-state index contributed by atoms with van der Waals surface area (Å²) in [6.07, 6.45) is 2.59. The van der Waals surface area contributed by atoms with Gasteiger partial charge in [0.1, 0.15) is 0 Å². The second kappa shape index (κ2) is 7.62. The lowest BCUT2D eigenvalue weighted by molar-refractivity contribution is -0.121. The zero-order valence-corrected chi connectivity index (χ0v) is 12.3. The van der Waals surface area contributed by atoms with Crippen molar-refractivity contribution in [2.24, 2.45) is 0 Å². The van der Waals surface area contributed by atoms with Gasteiger partial charge in [0.25, 0.3) is 0 Å². The molecule has 110 valence electrons. The van der Waals surface area contributed by atoms with Crippen LogP contribution in [0.5, 0.6) is 0 Å². The first-order chi connectivity index (χ1) is 9.70. The largest absolute Gasteiger partial charge is 0.395 e. The monoisotopic (exact) mass is 296 g/mol. The highest BCUT2D eigenvalue weighted by atomic mass is 35.5. The van der Waals surface area contributed by atoms with Crippen molar-refractivity contribution in [2.75, 3.05) is 19.7 Å². The molecule has 5 heteroatoms. The van der Waals surface area contributed by atoms with Crippen molar-refractivity contribution in [3.8, 4) is 0 Å². The van der Waals surface area contributed by atoms with Crippen LogP contribution < -0.4 is 5.32 Å². The van der Waals surface area contributed by atoms with E-state index >= 15 is 0 Å². The quantitative estimate of drug-likeness (QED) is 0.842. The average Bonchev–Trinajstić information content (AvgIpc) is 2.91. The number of rotatable bonds is 6. The summed E-state index contributed by atoms with van der Waals surface area (Å²) in [5.74, 6) is 0.0218. The number of nitrogens with one attached hydrogen (secondary N) is 1. The fraction of sp³-hybridized carbons (Fsp3) is 0.533. The van der Waals surface area contributed by atoms with Gasteiger partial charge in [0.15, 0.2) is 0 Å². The number of aliphatic hydroxyl groups is 1. The smallest absolute Gasteiger partial charge is 0.221 e. The van der Waals surface area contributed by atoms with Gasteiger partial charge in [0.2, 0.25) is 5.91 Å². The van der Waals surface area contributed by atoms with Crippen molar-refractivity contribution in [1.82, 2.24) is 10.2 Å². The number of carbonyl (C=O) groups is 1. The number of amides is 1. The van der Waals surface area contributed by atoms with E-state index in [0.717, 1.165) is 24.9 Å². The molecular formula is C15H21ClN2O2. The number of carbonyl (C=O) groups excluding carboxylic acids is 1. The van der Waals surface area contributed by atoms with Crippen LogP contribution in [0.15, 0.2) is 24.3 Å². The summed E-state index contributed by atoms with van der Waals surface area (Å²) in [6, 6.07) is 7.73. The van der Waals surface area contributed by atoms with E-state index in [9.17, 15) is 9.90 Å². The fourth-order valence-corrected chi connectivity index (χ4v) is 2.77. The first-order valence-corrected chi connectivity index (χ1v) is 7.43. The first kappa shape index (κ1) is 15.3. The maximum atomic E-state index is 11.8. The Balaban J connectivity index is 1.72. The van der Waals surface area contributed by atoms with E-state index in [2.05, 4.69) is 10.2 Å². The van der Waals surface area contributed by atoms with E-state index in [0.29, 0.717) is 24.5 Å². The SMILES string of the molecule is O=C(CCN1CCC[C@@H]1CO)NCc1ccccc1Cl. The summed E-state index contributed by atoms with van der Waals surface area (Å²) in [7, 11) is 0. The molecule has 0 saturated carbocycles. The number of benzene rings is 1. The van der Waals surface area contributed by atoms with Crippen molar-refractivity contribution in [2.45, 2.75) is 31.8 Å². The number of nitrogens with zero attached hydrogens (tertiary/aromatic N) is 1. The number of hydrogen-bond acceptors (Lipinski definition) is 3. The molecule has 0 aliphatic carbocycles. The lowest BCUT2D eigenvalue weighted by Crippen LogP contribution is -2.35. The molecule has 0 aromatic heterocycles. The standard InChI is InChI=1S/C15H21ClN2O2/c16-14-6-2-1-4-12(14)10-17-15(20)7-9-18-8-3-5-13(18)11-19/h1-2,4,6,13,19H,3,5,7-11H2,(H,17,20)/t13-/m1/s1. The van der Waals surface area contributed by atoms with E-state index in [1.165, 1.54) is 0 Å². The molecule has 2 N–H and O–H groups in total. The Morgan fingerprint density at radius 3 is 3.00 bits per heavy atom. The Bertz CT molecular complexity index is 453. The maximum absolute atomic E-state index is 11.8. The second-order valence-electron chi connectivity index (χ2n) is 5.13. The molecule has 1 aliphatic rings. The molecule has 1 aromatic carbocycles. The number of likely N-dealkylation sites (tertiary alicyclic amines) is 1. The van der Waals surface area contributed by atoms with Gasteiger partial charge in [-0.05, 0) is 31.0 Å². The Morgan fingerprint density at radius 2 is 2.25 bits per heavy atom. The van der Waals surface area contributed by atoms with E-state index in [4.69, 9.17) is 11.6 Å². The van der Waals surface area contributed by atoms with E-state index < -0.39 is 0 Å². The Morgan fingerprint density at radius 1 is 1.45 bits per heavy atom. The summed E-state index contributed by atoms with van der Waals surface area (Å²) < 4.78 is 0. The van der Waals surface area contributed by atoms with Crippen molar-refractivity contribution in [3.05, 3.63) is 34.9 Å². The molecule has 0 radical (unpaired) electrons. The zero-order chi connectivity index (χ0) is 14.4. The molecule has 1 fully saturated rings. The van der Waals surface area contributed by atoms with Crippen LogP contribution in [-0.2, 0) is 11.3 Å². The Kier molecular flexibility index (Phi) is 5.83. The predicted octanol–water partition coefficient (Wildman–Crippen LogP) is 1.80. The van der Waals surface area contributed by atoms with Crippen molar-refractivity contribution in [3.63, 3.8) is 0 Å². The van der Waals surface area contributed by atoms with Gasteiger partial charge in [0, 0.05) is 30.6 Å². The Hall–Kier alpha value is -1.10. The average molecular weight is 297 g/mol. The van der Waals surface area contributed by atoms with Gasteiger partial charge >= 0.3 is 0 Å². The van der Waals surface area contributed by atoms with Crippen LogP contribution in [0.3, 0.4) is 0 Å². The van der Waals surface area contributed by atoms with Gasteiger partial charge in [-0.2, -0.15) is 0 Å². The molecule has 4 nitrogen and oxygen atoms in total. The molecule has 0 bridgehead atoms. The minimum Gasteiger partial charge on any atom is -0.395 e. The first-order valence-electron chi connectivity index (χ1n) is 7.05. The fourth-order valence-electron chi connectivity index (χ4n) is 2.57. The van der Waals surface area contributed by atoms with Gasteiger partial charge in [-0.3, -0.25) is 9.69 Å². The van der Waals surface area contributed by atoms with E-state index in [-0.39, 0.29) is 18.6 Å². The van der Waals surface area contributed by atoms with Crippen LogP contribution in [0.1, 0.15) is 24.8 Å². The van der Waals surface area contributed by atoms with Crippen molar-refractivity contribution < 1.29 is 9.90 Å². The molecular weight excluding hydrogens is 276 g/mol. The summed E-state index contributed by atoms with van der Waals surface area (Å²) in [5.41, 5.74) is 0.928. The van der Waals surface area contributed by atoms with Crippen LogP contribution in [-0.4, -0.2) is 41.7 Å². The summed E-state index contributed by atoms with van der Waals surface area (Å²) >= 11 is 6.04. The molecule has 1 aromatic rings. The summed E-state index contributed by atoms with van der Waals surface area (Å²) in [5, 5.41) is 12.8. The van der Waals surface area contributed by atoms with Gasteiger partial charge in [-0.25, -0.2) is 0 Å². The highest BCUT2D eigenvalue weighted by Crippen LogP contribution is 2.17. The van der Waals surface area contributed by atoms with Crippen LogP contribution in [0, 0.1) is 0 Å². The predicted molar refractivity (Wildman–Crippen MR) is 79.6 cm³/mol. The zero-order valence-electron chi connectivity index (χ0n) is 11.5. The number of aliphatic hydroxyl groups excluding tert-OH is 1. The van der Waals surface area contributed by atoms with Crippen molar-refractivity contribution in [1.29, 1.82) is 0 Å². The molecule has 0 spiro atoms. The minimum atomic E-state index is 0.0218. The van der Waals surface area contributed by atoms with Gasteiger partial charge < -0.3 is 10.4 Å². The van der Waals surface area contributed by atoms with E-state index in [1.54, 1.807) is 0 Å². The van der Waals surface area contributed by atoms with Crippen LogP contribution in [0.25, 0.3) is 0 Å². The van der Waals surface area contributed by atoms with Gasteiger partial charge in [0.05, 0.1) is 6.61 Å². The van der Waals surface area contributed by atoms with E-state index in [1.807, 2.05) is 24.3 Å². The molecule has 1 saturated heterocycles. The molecule has 20 heavy (non-hydrogen) atoms. The molecule has 0 unspecified atom stereocenters. The van der Waals surface area contributed by atoms with Crippen LogP contribution >= 0.6 is 11.6 Å². The maximum Gasteiger partial charge on any atom is 0.221 e. The molecule has 2 rings (SSSR count). The molecule has 1 amide bonds. The topological polar surface area (TPSA) is 52.6 Å². The molecule has 1 atom stereocenters. The van der Waals surface area contributed by atoms with Crippen molar-refractivity contribution >= 4 is 17.5 Å². The lowest BCUT2D eigenvalue weighted by atomic mass is 10.2. The number of hydrogen-bond donors (Lipinski definition) is 2. The highest BCUT2D eigenvalue weighted by Gasteiger charge is 2.23. The normalized spacial score (nSPS) is 19.2. The molecule has 1 aliphatic heterocycles. The molecule has 1 heterocycles. The third-order valence-electron chi connectivity index (χ3n) is 3.77. The third-order valence-corrected chi connectivity index (χ3v) is 4.14. The third kappa shape index (κ3) is 4.20. The summed E-state index contributed by atoms with van der Waals surface area (Å²) in [4.78, 5) is 14.0. The van der Waals surface area contributed by atoms with Crippen LogP contribution in [0.4, 0.5) is 0 Å². The lowest BCUT2D eigenvalue weighted by Gasteiger charge is -2.22. The minimum absolute atomic E-state index is 0.0218. The van der Waals surface area contributed by atoms with Crippen LogP contribution in [0.2, 0.25) is 5.02 Å². The Labute approximate surface area is 124 Å². The summed E-state index contributed by atoms with van der Waals surface area (Å²) in [6.45, 7) is 2.33. The van der Waals surface area contributed by atoms with Gasteiger partial charge in [-0.1, -0.05) is 29.8 Å². The van der Waals surface area contributed by atoms with Gasteiger partial charge in [-0.15, -0.1) is 0 Å². The highest BCUT2D eigenvalue weighted by molar-refractivity contribution is 6.31.